The molecule has 0 fully saturated rings. The molecule has 0 amide bonds. The summed E-state index contributed by atoms with van der Waals surface area (Å²) in [5.41, 5.74) is 5.42. The molecule has 6 heteroatoms. The number of aryl methyl sites for hydroxylation is 1. The molecule has 0 aliphatic rings. The predicted octanol–water partition coefficient (Wildman–Crippen LogP) is 6.12. The third kappa shape index (κ3) is 3.85. The standard InChI is InChI=1S/C26H20FN3OS/c1-17-7-5-12-21(13-17)30-25(31)24-23(22(15-28-24)19-9-3-2-4-10-19)29-26(30)32-16-18-8-6-11-20(27)14-18/h2-15,28H,16H2,1H3. The smallest absolute Gasteiger partial charge is 0.283 e. The van der Waals surface area contributed by atoms with E-state index in [4.69, 9.17) is 4.98 Å². The molecular weight excluding hydrogens is 421 g/mol. The fourth-order valence-corrected chi connectivity index (χ4v) is 4.69. The Bertz CT molecular complexity index is 1470. The molecule has 0 bridgehead atoms. The van der Waals surface area contributed by atoms with Crippen molar-refractivity contribution in [3.05, 3.63) is 112 Å². The van der Waals surface area contributed by atoms with Crippen molar-refractivity contribution in [2.75, 3.05) is 0 Å². The molecule has 0 unspecified atom stereocenters. The third-order valence-corrected chi connectivity index (χ3v) is 6.28. The summed E-state index contributed by atoms with van der Waals surface area (Å²) in [4.78, 5) is 21.6. The van der Waals surface area contributed by atoms with E-state index in [1.807, 2.05) is 73.8 Å². The van der Waals surface area contributed by atoms with E-state index >= 15 is 0 Å². The van der Waals surface area contributed by atoms with E-state index in [1.165, 1.54) is 23.9 Å². The summed E-state index contributed by atoms with van der Waals surface area (Å²) in [7, 11) is 0. The number of aromatic nitrogens is 3. The third-order valence-electron chi connectivity index (χ3n) is 5.27. The van der Waals surface area contributed by atoms with E-state index in [2.05, 4.69) is 4.98 Å². The molecule has 4 nitrogen and oxygen atoms in total. The number of nitrogens with zero attached hydrogens (tertiary/aromatic N) is 2. The van der Waals surface area contributed by atoms with Crippen molar-refractivity contribution >= 4 is 22.8 Å². The molecule has 0 atom stereocenters. The highest BCUT2D eigenvalue weighted by atomic mass is 32.2. The van der Waals surface area contributed by atoms with Gasteiger partial charge in [-0.25, -0.2) is 9.37 Å². The predicted molar refractivity (Wildman–Crippen MR) is 128 cm³/mol. The van der Waals surface area contributed by atoms with Gasteiger partial charge in [0, 0.05) is 17.5 Å². The average Bonchev–Trinajstić information content (AvgIpc) is 3.23. The number of aromatic amines is 1. The van der Waals surface area contributed by atoms with Crippen LogP contribution < -0.4 is 5.56 Å². The number of hydrogen-bond acceptors (Lipinski definition) is 3. The normalized spacial score (nSPS) is 11.2. The molecule has 0 spiro atoms. The molecule has 0 radical (unpaired) electrons. The molecule has 0 saturated carbocycles. The lowest BCUT2D eigenvalue weighted by atomic mass is 10.1. The zero-order valence-electron chi connectivity index (χ0n) is 17.4. The van der Waals surface area contributed by atoms with Gasteiger partial charge in [0.1, 0.15) is 16.9 Å². The van der Waals surface area contributed by atoms with Crippen molar-refractivity contribution in [2.24, 2.45) is 0 Å². The van der Waals surface area contributed by atoms with Gasteiger partial charge >= 0.3 is 0 Å². The molecule has 2 heterocycles. The summed E-state index contributed by atoms with van der Waals surface area (Å²) in [6.45, 7) is 1.99. The summed E-state index contributed by atoms with van der Waals surface area (Å²) in [6.07, 6.45) is 1.83. The first-order chi connectivity index (χ1) is 15.6. The maximum Gasteiger partial charge on any atom is 0.283 e. The number of hydrogen-bond donors (Lipinski definition) is 1. The first kappa shape index (κ1) is 20.3. The lowest BCUT2D eigenvalue weighted by Gasteiger charge is -2.13. The molecule has 0 saturated heterocycles. The average molecular weight is 442 g/mol. The van der Waals surface area contributed by atoms with Crippen LogP contribution in [-0.2, 0) is 5.75 Å². The first-order valence-electron chi connectivity index (χ1n) is 10.2. The minimum Gasteiger partial charge on any atom is -0.355 e. The summed E-state index contributed by atoms with van der Waals surface area (Å²) < 4.78 is 15.3. The van der Waals surface area contributed by atoms with Gasteiger partial charge in [0.25, 0.3) is 5.56 Å². The van der Waals surface area contributed by atoms with Crippen LogP contribution in [0.1, 0.15) is 11.1 Å². The molecule has 0 aliphatic heterocycles. The summed E-state index contributed by atoms with van der Waals surface area (Å²) in [5.74, 6) is 0.215. The second-order valence-electron chi connectivity index (χ2n) is 7.58. The molecule has 3 aromatic carbocycles. The Morgan fingerprint density at radius 1 is 1.00 bits per heavy atom. The number of rotatable bonds is 5. The zero-order valence-corrected chi connectivity index (χ0v) is 18.2. The van der Waals surface area contributed by atoms with Crippen molar-refractivity contribution in [3.8, 4) is 16.8 Å². The second kappa shape index (κ2) is 8.48. The van der Waals surface area contributed by atoms with E-state index < -0.39 is 0 Å². The van der Waals surface area contributed by atoms with Crippen molar-refractivity contribution in [3.63, 3.8) is 0 Å². The number of H-pyrrole nitrogens is 1. The van der Waals surface area contributed by atoms with Crippen LogP contribution in [0, 0.1) is 12.7 Å². The number of benzene rings is 3. The van der Waals surface area contributed by atoms with Crippen LogP contribution >= 0.6 is 11.8 Å². The minimum atomic E-state index is -0.278. The van der Waals surface area contributed by atoms with Crippen molar-refractivity contribution in [1.29, 1.82) is 0 Å². The number of halogens is 1. The summed E-state index contributed by atoms with van der Waals surface area (Å²) in [6, 6.07) is 24.1. The Morgan fingerprint density at radius 3 is 2.59 bits per heavy atom. The molecule has 158 valence electrons. The van der Waals surface area contributed by atoms with Gasteiger partial charge in [0.05, 0.1) is 5.69 Å². The molecule has 32 heavy (non-hydrogen) atoms. The zero-order chi connectivity index (χ0) is 22.1. The first-order valence-corrected chi connectivity index (χ1v) is 11.2. The maximum atomic E-state index is 13.7. The number of nitrogens with one attached hydrogen (secondary N) is 1. The Hall–Kier alpha value is -3.64. The summed E-state index contributed by atoms with van der Waals surface area (Å²) >= 11 is 1.42. The van der Waals surface area contributed by atoms with Crippen molar-refractivity contribution < 1.29 is 4.39 Å². The molecule has 5 aromatic rings. The lowest BCUT2D eigenvalue weighted by Crippen LogP contribution is -2.22. The molecule has 5 rings (SSSR count). The molecule has 1 N–H and O–H groups in total. The van der Waals surface area contributed by atoms with E-state index in [1.54, 1.807) is 10.6 Å². The van der Waals surface area contributed by atoms with Crippen LogP contribution in [0.25, 0.3) is 27.8 Å². The largest absolute Gasteiger partial charge is 0.355 e. The molecule has 2 aromatic heterocycles. The maximum absolute atomic E-state index is 13.7. The van der Waals surface area contributed by atoms with Gasteiger partial charge in [-0.05, 0) is 47.9 Å². The Balaban J connectivity index is 1.69. The highest BCUT2D eigenvalue weighted by Gasteiger charge is 2.18. The van der Waals surface area contributed by atoms with Gasteiger partial charge in [-0.3, -0.25) is 9.36 Å². The van der Waals surface area contributed by atoms with Crippen LogP contribution in [0.5, 0.6) is 0 Å². The van der Waals surface area contributed by atoms with Crippen LogP contribution in [0.4, 0.5) is 4.39 Å². The van der Waals surface area contributed by atoms with Gasteiger partial charge in [-0.15, -0.1) is 0 Å². The lowest BCUT2D eigenvalue weighted by molar-refractivity contribution is 0.626. The van der Waals surface area contributed by atoms with Crippen LogP contribution in [0.15, 0.2) is 95.0 Å². The quantitative estimate of drug-likeness (QED) is 0.264. The van der Waals surface area contributed by atoms with Crippen molar-refractivity contribution in [1.82, 2.24) is 14.5 Å². The van der Waals surface area contributed by atoms with Gasteiger partial charge in [0.15, 0.2) is 5.16 Å². The van der Waals surface area contributed by atoms with Crippen LogP contribution in [0.3, 0.4) is 0 Å². The van der Waals surface area contributed by atoms with E-state index in [0.29, 0.717) is 21.9 Å². The Kier molecular flexibility index (Phi) is 5.37. The monoisotopic (exact) mass is 441 g/mol. The van der Waals surface area contributed by atoms with Gasteiger partial charge in [-0.1, -0.05) is 66.4 Å². The van der Waals surface area contributed by atoms with Crippen LogP contribution in [0.2, 0.25) is 0 Å². The van der Waals surface area contributed by atoms with Crippen molar-refractivity contribution in [2.45, 2.75) is 17.8 Å². The van der Waals surface area contributed by atoms with E-state index in [0.717, 1.165) is 27.9 Å². The van der Waals surface area contributed by atoms with Crippen LogP contribution in [-0.4, -0.2) is 14.5 Å². The molecule has 0 aliphatic carbocycles. The SMILES string of the molecule is Cc1cccc(-n2c(SCc3cccc(F)c3)nc3c(-c4ccccc4)c[nH]c3c2=O)c1. The number of thioether (sulfide) groups is 1. The Labute approximate surface area is 188 Å². The Morgan fingerprint density at radius 2 is 1.81 bits per heavy atom. The molecular formula is C26H20FN3OS. The topological polar surface area (TPSA) is 50.7 Å². The van der Waals surface area contributed by atoms with E-state index in [-0.39, 0.29) is 11.4 Å². The van der Waals surface area contributed by atoms with Gasteiger partial charge < -0.3 is 4.98 Å². The van der Waals surface area contributed by atoms with E-state index in [9.17, 15) is 9.18 Å². The second-order valence-corrected chi connectivity index (χ2v) is 8.53. The fraction of sp³-hybridized carbons (Fsp3) is 0.0769. The fourth-order valence-electron chi connectivity index (χ4n) is 3.74. The number of fused-ring (bicyclic) bond motifs is 1. The van der Waals surface area contributed by atoms with Gasteiger partial charge in [-0.2, -0.15) is 0 Å². The highest BCUT2D eigenvalue weighted by Crippen LogP contribution is 2.30. The highest BCUT2D eigenvalue weighted by molar-refractivity contribution is 7.98. The minimum absolute atomic E-state index is 0.162. The van der Waals surface area contributed by atoms with Gasteiger partial charge in [0.2, 0.25) is 0 Å². The summed E-state index contributed by atoms with van der Waals surface area (Å²) in [5, 5.41) is 0.564.